The molecule has 1 aromatic heterocycles. The van der Waals surface area contributed by atoms with Gasteiger partial charge in [0.25, 0.3) is 0 Å². The number of H-pyrrole nitrogens is 1. The number of nitrogens with one attached hydrogen (secondary N) is 2. The van der Waals surface area contributed by atoms with Crippen LogP contribution in [0, 0.1) is 11.3 Å². The fourth-order valence-electron chi connectivity index (χ4n) is 3.74. The van der Waals surface area contributed by atoms with Crippen LogP contribution < -0.4 is 5.32 Å². The number of nitrogens with zero attached hydrogens (tertiary/aromatic N) is 1. The number of nitriles is 1. The van der Waals surface area contributed by atoms with Crippen molar-refractivity contribution >= 4 is 27.7 Å². The molecule has 2 heterocycles. The van der Waals surface area contributed by atoms with Crippen LogP contribution in [-0.2, 0) is 16.9 Å². The average molecular weight is 390 g/mol. The van der Waals surface area contributed by atoms with E-state index in [9.17, 15) is 4.55 Å². The first-order valence-corrected chi connectivity index (χ1v) is 11.0. The first-order chi connectivity index (χ1) is 13.7. The van der Waals surface area contributed by atoms with Gasteiger partial charge in [-0.15, -0.1) is 0 Å². The van der Waals surface area contributed by atoms with Crippen LogP contribution in [0.25, 0.3) is 16.5 Å². The third-order valence-corrected chi connectivity index (χ3v) is 6.62. The second kappa shape index (κ2) is 8.66. The minimum absolute atomic E-state index is 0.336. The summed E-state index contributed by atoms with van der Waals surface area (Å²) in [4.78, 5) is 3.26. The van der Waals surface area contributed by atoms with Gasteiger partial charge in [0.2, 0.25) is 0 Å². The van der Waals surface area contributed by atoms with Gasteiger partial charge >= 0.3 is 0 Å². The summed E-state index contributed by atoms with van der Waals surface area (Å²) in [6.07, 6.45) is 6.01. The molecule has 3 aromatic rings. The number of hydrogen-bond acceptors (Lipinski definition) is 3. The van der Waals surface area contributed by atoms with Gasteiger partial charge in [-0.25, -0.2) is 0 Å². The molecule has 1 aliphatic rings. The second-order valence-electron chi connectivity index (χ2n) is 7.16. The lowest BCUT2D eigenvalue weighted by Crippen LogP contribution is -2.34. The van der Waals surface area contributed by atoms with E-state index in [0.29, 0.717) is 23.1 Å². The summed E-state index contributed by atoms with van der Waals surface area (Å²) in [5, 5.41) is 13.6. The summed E-state index contributed by atoms with van der Waals surface area (Å²) in [6, 6.07) is 18.4. The summed E-state index contributed by atoms with van der Waals surface area (Å²) < 4.78 is 12.6. The van der Waals surface area contributed by atoms with Crippen molar-refractivity contribution in [2.45, 2.75) is 24.6 Å². The SMILES string of the molecule is N#Cc1ccc(C2=CCNC(CC[S+]([O-])Cc3c[nH]c4ccccc34)C2)cc1. The predicted octanol–water partition coefficient (Wildman–Crippen LogP) is 4.12. The maximum absolute atomic E-state index is 12.6. The van der Waals surface area contributed by atoms with Gasteiger partial charge in [-0.1, -0.05) is 36.4 Å². The minimum atomic E-state index is -0.883. The molecule has 0 saturated heterocycles. The monoisotopic (exact) mass is 389 g/mol. The molecular formula is C23H23N3OS. The Kier molecular flexibility index (Phi) is 5.82. The van der Waals surface area contributed by atoms with E-state index in [1.807, 2.05) is 48.7 Å². The van der Waals surface area contributed by atoms with E-state index in [2.05, 4.69) is 28.5 Å². The van der Waals surface area contributed by atoms with Gasteiger partial charge in [0.05, 0.1) is 11.6 Å². The lowest BCUT2D eigenvalue weighted by Gasteiger charge is -2.25. The van der Waals surface area contributed by atoms with Crippen molar-refractivity contribution in [3.8, 4) is 6.07 Å². The standard InChI is InChI=1S/C23H23N3OS/c24-14-17-5-7-18(8-6-17)19-9-11-25-21(13-19)10-12-28(27)16-20-15-26-23-4-2-1-3-22(20)23/h1-9,15,21,25-26H,10-13,16H2. The maximum Gasteiger partial charge on any atom is 0.132 e. The van der Waals surface area contributed by atoms with Gasteiger partial charge in [0.15, 0.2) is 0 Å². The van der Waals surface area contributed by atoms with E-state index in [1.165, 1.54) is 11.1 Å². The van der Waals surface area contributed by atoms with Gasteiger partial charge < -0.3 is 14.9 Å². The molecule has 0 fully saturated rings. The second-order valence-corrected chi connectivity index (χ2v) is 8.74. The zero-order valence-corrected chi connectivity index (χ0v) is 16.5. The average Bonchev–Trinajstić information content (AvgIpc) is 3.15. The highest BCUT2D eigenvalue weighted by Gasteiger charge is 2.19. The molecule has 0 bridgehead atoms. The third kappa shape index (κ3) is 4.31. The highest BCUT2D eigenvalue weighted by Crippen LogP contribution is 2.25. The third-order valence-electron chi connectivity index (χ3n) is 5.29. The fourth-order valence-corrected chi connectivity index (χ4v) is 5.02. The molecule has 2 unspecified atom stereocenters. The van der Waals surface area contributed by atoms with Crippen LogP contribution in [0.2, 0.25) is 0 Å². The van der Waals surface area contributed by atoms with Crippen LogP contribution >= 0.6 is 0 Å². The lowest BCUT2D eigenvalue weighted by atomic mass is 9.94. The van der Waals surface area contributed by atoms with Crippen molar-refractivity contribution < 1.29 is 4.55 Å². The summed E-state index contributed by atoms with van der Waals surface area (Å²) in [7, 11) is 0. The molecule has 4 rings (SSSR count). The highest BCUT2D eigenvalue weighted by atomic mass is 32.2. The minimum Gasteiger partial charge on any atom is -0.616 e. The molecule has 0 spiro atoms. The molecule has 0 aliphatic carbocycles. The lowest BCUT2D eigenvalue weighted by molar-refractivity contribution is 0.515. The molecule has 4 nitrogen and oxygen atoms in total. The Balaban J connectivity index is 1.32. The van der Waals surface area contributed by atoms with Crippen LogP contribution in [0.4, 0.5) is 0 Å². The summed E-state index contributed by atoms with van der Waals surface area (Å²) in [6.45, 7) is 0.828. The molecule has 142 valence electrons. The number of hydrogen-bond donors (Lipinski definition) is 2. The number of para-hydroxylation sites is 1. The van der Waals surface area contributed by atoms with Crippen molar-refractivity contribution in [3.63, 3.8) is 0 Å². The molecule has 2 atom stereocenters. The summed E-state index contributed by atoms with van der Waals surface area (Å²) in [5.74, 6) is 1.28. The van der Waals surface area contributed by atoms with E-state index in [4.69, 9.17) is 5.26 Å². The van der Waals surface area contributed by atoms with Crippen molar-refractivity contribution in [2.75, 3.05) is 12.3 Å². The Morgan fingerprint density at radius 3 is 2.79 bits per heavy atom. The zero-order valence-electron chi connectivity index (χ0n) is 15.7. The normalized spacial score (nSPS) is 17.9. The molecular weight excluding hydrogens is 366 g/mol. The number of aromatic amines is 1. The van der Waals surface area contributed by atoms with E-state index < -0.39 is 11.2 Å². The smallest absolute Gasteiger partial charge is 0.132 e. The van der Waals surface area contributed by atoms with Gasteiger partial charge in [-0.3, -0.25) is 0 Å². The first-order valence-electron chi connectivity index (χ1n) is 9.56. The largest absolute Gasteiger partial charge is 0.616 e. The van der Waals surface area contributed by atoms with Gasteiger partial charge in [-0.2, -0.15) is 5.26 Å². The van der Waals surface area contributed by atoms with Gasteiger partial charge in [0, 0.05) is 41.7 Å². The number of rotatable bonds is 6. The Bertz CT molecular complexity index is 1020. The summed E-state index contributed by atoms with van der Waals surface area (Å²) >= 11 is -0.883. The van der Waals surface area contributed by atoms with Crippen LogP contribution in [0.5, 0.6) is 0 Å². The molecule has 28 heavy (non-hydrogen) atoms. The van der Waals surface area contributed by atoms with E-state index in [1.54, 1.807) is 0 Å². The van der Waals surface area contributed by atoms with Crippen LogP contribution in [0.3, 0.4) is 0 Å². The summed E-state index contributed by atoms with van der Waals surface area (Å²) in [5.41, 5.74) is 5.38. The maximum atomic E-state index is 12.6. The number of fused-ring (bicyclic) bond motifs is 1. The van der Waals surface area contributed by atoms with E-state index in [-0.39, 0.29) is 0 Å². The van der Waals surface area contributed by atoms with Crippen molar-refractivity contribution in [1.29, 1.82) is 5.26 Å². The van der Waals surface area contributed by atoms with Crippen LogP contribution in [0.1, 0.15) is 29.5 Å². The van der Waals surface area contributed by atoms with Crippen LogP contribution in [-0.4, -0.2) is 27.9 Å². The number of benzene rings is 2. The molecule has 2 N–H and O–H groups in total. The van der Waals surface area contributed by atoms with Gasteiger partial charge in [-0.05, 0) is 46.9 Å². The fraction of sp³-hybridized carbons (Fsp3) is 0.261. The van der Waals surface area contributed by atoms with E-state index >= 15 is 0 Å². The van der Waals surface area contributed by atoms with E-state index in [0.717, 1.165) is 35.9 Å². The predicted molar refractivity (Wildman–Crippen MR) is 115 cm³/mol. The Morgan fingerprint density at radius 2 is 1.96 bits per heavy atom. The molecule has 1 aliphatic heterocycles. The Morgan fingerprint density at radius 1 is 1.14 bits per heavy atom. The molecule has 5 heteroatoms. The first kappa shape index (κ1) is 18.8. The van der Waals surface area contributed by atoms with Crippen molar-refractivity contribution in [2.24, 2.45) is 0 Å². The quantitative estimate of drug-likeness (QED) is 0.623. The molecule has 2 aromatic carbocycles. The van der Waals surface area contributed by atoms with Crippen molar-refractivity contribution in [3.05, 3.63) is 77.5 Å². The van der Waals surface area contributed by atoms with Gasteiger partial charge in [0.1, 0.15) is 11.5 Å². The Labute approximate surface area is 168 Å². The molecule has 0 amide bonds. The molecule has 0 radical (unpaired) electrons. The zero-order chi connectivity index (χ0) is 19.3. The topological polar surface area (TPSA) is 74.7 Å². The number of aromatic nitrogens is 1. The van der Waals surface area contributed by atoms with Crippen LogP contribution in [0.15, 0.2) is 60.8 Å². The highest BCUT2D eigenvalue weighted by molar-refractivity contribution is 7.90. The Hall–Kier alpha value is -2.52. The van der Waals surface area contributed by atoms with Crippen molar-refractivity contribution in [1.82, 2.24) is 10.3 Å². The molecule has 0 saturated carbocycles.